The molecule has 24 heavy (non-hydrogen) atoms. The number of amides is 1. The highest BCUT2D eigenvalue weighted by molar-refractivity contribution is 5.78. The van der Waals surface area contributed by atoms with E-state index in [1.807, 2.05) is 6.07 Å². The number of benzene rings is 1. The lowest BCUT2D eigenvalue weighted by Gasteiger charge is -2.37. The van der Waals surface area contributed by atoms with E-state index in [1.54, 1.807) is 0 Å². The average Bonchev–Trinajstić information content (AvgIpc) is 2.55. The van der Waals surface area contributed by atoms with E-state index in [9.17, 15) is 18.4 Å². The Bertz CT molecular complexity index is 919. The van der Waals surface area contributed by atoms with E-state index in [0.717, 1.165) is 15.8 Å². The lowest BCUT2D eigenvalue weighted by Crippen LogP contribution is -2.51. The number of likely N-dealkylation sites (tertiary alicyclic amines) is 1. The number of nitriles is 1. The predicted octanol–water partition coefficient (Wildman–Crippen LogP) is 1.83. The van der Waals surface area contributed by atoms with E-state index >= 15 is 0 Å². The molecule has 3 rings (SSSR count). The van der Waals surface area contributed by atoms with Crippen LogP contribution >= 0.6 is 0 Å². The fraction of sp³-hybridized carbons (Fsp3) is 0.333. The molecule has 1 amide bonds. The molecular formula is C15H12F2N4O3. The fourth-order valence-corrected chi connectivity index (χ4v) is 2.78. The van der Waals surface area contributed by atoms with Crippen molar-refractivity contribution in [3.8, 4) is 6.07 Å². The number of rotatable bonds is 1. The number of aromatic nitrogens is 2. The summed E-state index contributed by atoms with van der Waals surface area (Å²) in [5.41, 5.74) is -0.168. The number of hydrogen-bond donors (Lipinski definition) is 1. The molecule has 1 aromatic carbocycles. The second-order valence-electron chi connectivity index (χ2n) is 5.56. The highest BCUT2D eigenvalue weighted by Crippen LogP contribution is 2.36. The molecule has 2 heterocycles. The standard InChI is InChI=1S/C15H12F2N4O3/c16-15(17)3-4-20(14(23)24)7-12(15)21-8-19-11-5-9(6-18)1-2-10(11)13(21)22/h1-2,5,8,12H,3-4,7H2,(H,23,24). The van der Waals surface area contributed by atoms with Crippen LogP contribution < -0.4 is 5.56 Å². The molecule has 1 N–H and O–H groups in total. The highest BCUT2D eigenvalue weighted by Gasteiger charge is 2.47. The molecule has 1 aliphatic rings. The maximum absolute atomic E-state index is 14.2. The van der Waals surface area contributed by atoms with Gasteiger partial charge in [0.05, 0.1) is 35.4 Å². The third-order valence-corrected chi connectivity index (χ3v) is 4.12. The fourth-order valence-electron chi connectivity index (χ4n) is 2.78. The minimum absolute atomic E-state index is 0.0970. The van der Waals surface area contributed by atoms with Crippen LogP contribution in [0.4, 0.5) is 13.6 Å². The summed E-state index contributed by atoms with van der Waals surface area (Å²) < 4.78 is 29.3. The van der Waals surface area contributed by atoms with E-state index in [2.05, 4.69) is 4.98 Å². The van der Waals surface area contributed by atoms with Crippen molar-refractivity contribution in [1.82, 2.24) is 14.5 Å². The highest BCUT2D eigenvalue weighted by atomic mass is 19.3. The number of halogens is 2. The number of hydrogen-bond acceptors (Lipinski definition) is 4. The molecule has 124 valence electrons. The number of carbonyl (C=O) groups is 1. The van der Waals surface area contributed by atoms with Gasteiger partial charge in [-0.15, -0.1) is 0 Å². The van der Waals surface area contributed by atoms with E-state index in [1.165, 1.54) is 18.2 Å². The normalized spacial score (nSPS) is 19.9. The van der Waals surface area contributed by atoms with Gasteiger partial charge >= 0.3 is 6.09 Å². The van der Waals surface area contributed by atoms with Crippen molar-refractivity contribution >= 4 is 17.0 Å². The Labute approximate surface area is 134 Å². The Morgan fingerprint density at radius 3 is 2.88 bits per heavy atom. The Kier molecular flexibility index (Phi) is 3.67. The van der Waals surface area contributed by atoms with Crippen LogP contribution in [-0.4, -0.2) is 44.7 Å². The first-order chi connectivity index (χ1) is 11.3. The molecule has 1 aliphatic heterocycles. The summed E-state index contributed by atoms with van der Waals surface area (Å²) in [4.78, 5) is 28.4. The maximum atomic E-state index is 14.2. The first kappa shape index (κ1) is 15.9. The Morgan fingerprint density at radius 1 is 1.46 bits per heavy atom. The summed E-state index contributed by atoms with van der Waals surface area (Å²) in [6.45, 7) is -0.786. The molecule has 0 bridgehead atoms. The monoisotopic (exact) mass is 334 g/mol. The van der Waals surface area contributed by atoms with Crippen molar-refractivity contribution in [2.45, 2.75) is 18.4 Å². The van der Waals surface area contributed by atoms with E-state index in [0.29, 0.717) is 5.56 Å². The van der Waals surface area contributed by atoms with Gasteiger partial charge in [-0.2, -0.15) is 5.26 Å². The SMILES string of the molecule is N#Cc1ccc2c(=O)n(C3CN(C(=O)O)CCC3(F)F)cnc2c1. The third-order valence-electron chi connectivity index (χ3n) is 4.12. The third kappa shape index (κ3) is 2.56. The molecule has 1 atom stereocenters. The van der Waals surface area contributed by atoms with Crippen molar-refractivity contribution in [3.05, 3.63) is 40.4 Å². The second kappa shape index (κ2) is 5.56. The van der Waals surface area contributed by atoms with E-state index in [-0.39, 0.29) is 17.4 Å². The van der Waals surface area contributed by atoms with Crippen LogP contribution in [0.25, 0.3) is 10.9 Å². The average molecular weight is 334 g/mol. The van der Waals surface area contributed by atoms with E-state index in [4.69, 9.17) is 10.4 Å². The molecule has 0 spiro atoms. The van der Waals surface area contributed by atoms with Crippen molar-refractivity contribution in [1.29, 1.82) is 5.26 Å². The summed E-state index contributed by atoms with van der Waals surface area (Å²) in [6, 6.07) is 4.43. The molecule has 7 nitrogen and oxygen atoms in total. The van der Waals surface area contributed by atoms with Crippen LogP contribution in [0, 0.1) is 11.3 Å². The van der Waals surface area contributed by atoms with Gasteiger partial charge < -0.3 is 10.0 Å². The zero-order valence-corrected chi connectivity index (χ0v) is 12.3. The number of alkyl halides is 2. The van der Waals surface area contributed by atoms with Gasteiger partial charge in [0.15, 0.2) is 0 Å². The summed E-state index contributed by atoms with van der Waals surface area (Å²) >= 11 is 0. The van der Waals surface area contributed by atoms with Crippen LogP contribution in [0.15, 0.2) is 29.3 Å². The van der Waals surface area contributed by atoms with Gasteiger partial charge in [-0.25, -0.2) is 18.6 Å². The largest absolute Gasteiger partial charge is 0.465 e. The molecule has 0 saturated carbocycles. The van der Waals surface area contributed by atoms with Crippen molar-refractivity contribution in [2.24, 2.45) is 0 Å². The molecule has 2 aromatic rings. The van der Waals surface area contributed by atoms with Crippen LogP contribution in [-0.2, 0) is 0 Å². The molecule has 1 fully saturated rings. The topological polar surface area (TPSA) is 99.2 Å². The van der Waals surface area contributed by atoms with Crippen LogP contribution in [0.1, 0.15) is 18.0 Å². The van der Waals surface area contributed by atoms with Crippen LogP contribution in [0.3, 0.4) is 0 Å². The molecule has 9 heteroatoms. The number of piperidine rings is 1. The van der Waals surface area contributed by atoms with Gasteiger partial charge in [0, 0.05) is 13.0 Å². The van der Waals surface area contributed by atoms with Gasteiger partial charge in [0.1, 0.15) is 6.04 Å². The molecule has 1 unspecified atom stereocenters. The smallest absolute Gasteiger partial charge is 0.407 e. The number of fused-ring (bicyclic) bond motifs is 1. The van der Waals surface area contributed by atoms with E-state index < -0.39 is 36.6 Å². The number of carboxylic acid groups (broad SMARTS) is 1. The Balaban J connectivity index is 2.10. The molecule has 0 radical (unpaired) electrons. The molecule has 1 saturated heterocycles. The first-order valence-corrected chi connectivity index (χ1v) is 7.10. The Hall–Kier alpha value is -3.02. The second-order valence-corrected chi connectivity index (χ2v) is 5.56. The first-order valence-electron chi connectivity index (χ1n) is 7.10. The van der Waals surface area contributed by atoms with Gasteiger partial charge in [-0.1, -0.05) is 0 Å². The zero-order valence-electron chi connectivity index (χ0n) is 12.3. The summed E-state index contributed by atoms with van der Waals surface area (Å²) in [6.07, 6.45) is -0.992. The van der Waals surface area contributed by atoms with Crippen molar-refractivity contribution in [2.75, 3.05) is 13.1 Å². The summed E-state index contributed by atoms with van der Waals surface area (Å²) in [7, 11) is 0. The van der Waals surface area contributed by atoms with Gasteiger partial charge in [-0.05, 0) is 18.2 Å². The van der Waals surface area contributed by atoms with Gasteiger partial charge in [-0.3, -0.25) is 9.36 Å². The Morgan fingerprint density at radius 2 is 2.21 bits per heavy atom. The quantitative estimate of drug-likeness (QED) is 0.858. The lowest BCUT2D eigenvalue weighted by atomic mass is 10.0. The zero-order chi connectivity index (χ0) is 17.5. The molecular weight excluding hydrogens is 322 g/mol. The minimum Gasteiger partial charge on any atom is -0.465 e. The maximum Gasteiger partial charge on any atom is 0.407 e. The van der Waals surface area contributed by atoms with Gasteiger partial charge in [0.2, 0.25) is 0 Å². The molecule has 0 aliphatic carbocycles. The van der Waals surface area contributed by atoms with Crippen LogP contribution in [0.2, 0.25) is 0 Å². The minimum atomic E-state index is -3.22. The predicted molar refractivity (Wildman–Crippen MR) is 78.9 cm³/mol. The summed E-state index contributed by atoms with van der Waals surface area (Å²) in [5.74, 6) is -3.22. The van der Waals surface area contributed by atoms with Crippen molar-refractivity contribution in [3.63, 3.8) is 0 Å². The molecule has 1 aromatic heterocycles. The van der Waals surface area contributed by atoms with Crippen LogP contribution in [0.5, 0.6) is 0 Å². The number of nitrogens with zero attached hydrogens (tertiary/aromatic N) is 4. The van der Waals surface area contributed by atoms with Crippen molar-refractivity contribution < 1.29 is 18.7 Å². The summed E-state index contributed by atoms with van der Waals surface area (Å²) in [5, 5.41) is 18.0. The van der Waals surface area contributed by atoms with Gasteiger partial charge in [0.25, 0.3) is 11.5 Å². The lowest BCUT2D eigenvalue weighted by molar-refractivity contribution is -0.0939.